The number of hydrogen-bond donors (Lipinski definition) is 2. The first-order chi connectivity index (χ1) is 9.29. The first-order valence-electron chi connectivity index (χ1n) is 6.56. The standard InChI is InChI=1S/C15H22N2O2S/c1-15(2,3)8-9-19-10-13(18)17-12-7-5-4-6-11(12)14(16)20/h4-7H,8-10H2,1-3H3,(H2,16,20)(H,17,18). The summed E-state index contributed by atoms with van der Waals surface area (Å²) in [4.78, 5) is 12.1. The predicted octanol–water partition coefficient (Wildman–Crippen LogP) is 2.71. The van der Waals surface area contributed by atoms with Crippen molar-refractivity contribution in [1.29, 1.82) is 0 Å². The highest BCUT2D eigenvalue weighted by Gasteiger charge is 2.11. The molecule has 0 aliphatic heterocycles. The second-order valence-corrected chi connectivity index (χ2v) is 6.26. The molecule has 5 heteroatoms. The number of carbonyl (C=O) groups is 1. The summed E-state index contributed by atoms with van der Waals surface area (Å²) in [5, 5.41) is 2.76. The van der Waals surface area contributed by atoms with Gasteiger partial charge in [0, 0.05) is 12.2 Å². The minimum absolute atomic E-state index is 0.0295. The molecular weight excluding hydrogens is 272 g/mol. The fourth-order valence-corrected chi connectivity index (χ4v) is 1.71. The van der Waals surface area contributed by atoms with E-state index in [2.05, 4.69) is 26.1 Å². The number of anilines is 1. The Bertz CT molecular complexity index is 481. The second-order valence-electron chi connectivity index (χ2n) is 5.82. The van der Waals surface area contributed by atoms with Gasteiger partial charge in [0.15, 0.2) is 0 Å². The molecule has 3 N–H and O–H groups in total. The molecule has 0 saturated heterocycles. The van der Waals surface area contributed by atoms with Crippen molar-refractivity contribution in [2.75, 3.05) is 18.5 Å². The lowest BCUT2D eigenvalue weighted by Crippen LogP contribution is -2.22. The van der Waals surface area contributed by atoms with Crippen LogP contribution in [0.2, 0.25) is 0 Å². The zero-order chi connectivity index (χ0) is 15.2. The van der Waals surface area contributed by atoms with Crippen molar-refractivity contribution in [3.63, 3.8) is 0 Å². The Kier molecular flexibility index (Phi) is 6.10. The molecule has 110 valence electrons. The van der Waals surface area contributed by atoms with Gasteiger partial charge in [0.05, 0.1) is 5.69 Å². The lowest BCUT2D eigenvalue weighted by molar-refractivity contribution is -0.120. The van der Waals surface area contributed by atoms with E-state index in [0.717, 1.165) is 6.42 Å². The van der Waals surface area contributed by atoms with Gasteiger partial charge in [-0.3, -0.25) is 4.79 Å². The van der Waals surface area contributed by atoms with Crippen LogP contribution in [0, 0.1) is 5.41 Å². The van der Waals surface area contributed by atoms with Gasteiger partial charge >= 0.3 is 0 Å². The molecule has 1 aromatic carbocycles. The van der Waals surface area contributed by atoms with E-state index in [-0.39, 0.29) is 22.9 Å². The van der Waals surface area contributed by atoms with Crippen LogP contribution in [0.5, 0.6) is 0 Å². The molecule has 1 rings (SSSR count). The van der Waals surface area contributed by atoms with E-state index in [4.69, 9.17) is 22.7 Å². The van der Waals surface area contributed by atoms with Crippen LogP contribution in [-0.4, -0.2) is 24.1 Å². The van der Waals surface area contributed by atoms with Gasteiger partial charge in [0.25, 0.3) is 0 Å². The number of para-hydroxylation sites is 1. The maximum Gasteiger partial charge on any atom is 0.250 e. The monoisotopic (exact) mass is 294 g/mol. The van der Waals surface area contributed by atoms with Crippen LogP contribution in [0.15, 0.2) is 24.3 Å². The SMILES string of the molecule is CC(C)(C)CCOCC(=O)Nc1ccccc1C(N)=S. The number of amides is 1. The van der Waals surface area contributed by atoms with Crippen molar-refractivity contribution in [3.8, 4) is 0 Å². The topological polar surface area (TPSA) is 64.3 Å². The highest BCUT2D eigenvalue weighted by atomic mass is 32.1. The van der Waals surface area contributed by atoms with E-state index in [0.29, 0.717) is 17.9 Å². The first-order valence-corrected chi connectivity index (χ1v) is 6.97. The summed E-state index contributed by atoms with van der Waals surface area (Å²) in [6, 6.07) is 7.18. The van der Waals surface area contributed by atoms with Crippen molar-refractivity contribution < 1.29 is 9.53 Å². The Balaban J connectivity index is 2.45. The number of nitrogens with two attached hydrogens (primary N) is 1. The molecule has 1 aromatic rings. The van der Waals surface area contributed by atoms with Crippen LogP contribution >= 0.6 is 12.2 Å². The Labute approximate surface area is 125 Å². The first kappa shape index (κ1) is 16.6. The van der Waals surface area contributed by atoms with Crippen LogP contribution in [-0.2, 0) is 9.53 Å². The molecule has 0 spiro atoms. The van der Waals surface area contributed by atoms with Crippen molar-refractivity contribution in [3.05, 3.63) is 29.8 Å². The highest BCUT2D eigenvalue weighted by Crippen LogP contribution is 2.18. The van der Waals surface area contributed by atoms with Crippen molar-refractivity contribution in [2.24, 2.45) is 11.1 Å². The van der Waals surface area contributed by atoms with E-state index in [1.807, 2.05) is 12.1 Å². The van der Waals surface area contributed by atoms with Crippen LogP contribution in [0.3, 0.4) is 0 Å². The lowest BCUT2D eigenvalue weighted by atomic mass is 9.93. The number of rotatable bonds is 6. The number of carbonyl (C=O) groups excluding carboxylic acids is 1. The molecule has 0 unspecified atom stereocenters. The summed E-state index contributed by atoms with van der Waals surface area (Å²) in [6.07, 6.45) is 0.907. The summed E-state index contributed by atoms with van der Waals surface area (Å²) >= 11 is 4.94. The molecule has 0 aromatic heterocycles. The van der Waals surface area contributed by atoms with Gasteiger partial charge in [-0.15, -0.1) is 0 Å². The zero-order valence-corrected chi connectivity index (χ0v) is 13.0. The quantitative estimate of drug-likeness (QED) is 0.625. The Morgan fingerprint density at radius 3 is 2.60 bits per heavy atom. The van der Waals surface area contributed by atoms with Crippen LogP contribution in [0.4, 0.5) is 5.69 Å². The average Bonchev–Trinajstić information content (AvgIpc) is 2.34. The van der Waals surface area contributed by atoms with Gasteiger partial charge in [-0.25, -0.2) is 0 Å². The largest absolute Gasteiger partial charge is 0.389 e. The van der Waals surface area contributed by atoms with Gasteiger partial charge in [-0.05, 0) is 24.0 Å². The Morgan fingerprint density at radius 2 is 2.00 bits per heavy atom. The molecule has 0 radical (unpaired) electrons. The minimum atomic E-state index is -0.206. The van der Waals surface area contributed by atoms with Gasteiger partial charge in [-0.1, -0.05) is 45.1 Å². The van der Waals surface area contributed by atoms with Crippen LogP contribution < -0.4 is 11.1 Å². The molecular formula is C15H22N2O2S. The fourth-order valence-electron chi connectivity index (χ4n) is 1.54. The number of hydrogen-bond acceptors (Lipinski definition) is 3. The summed E-state index contributed by atoms with van der Waals surface area (Å²) in [5.41, 5.74) is 7.09. The second kappa shape index (κ2) is 7.36. The maximum atomic E-state index is 11.8. The molecule has 0 fully saturated rings. The van der Waals surface area contributed by atoms with Crippen molar-refractivity contribution >= 4 is 28.8 Å². The van der Waals surface area contributed by atoms with Crippen LogP contribution in [0.1, 0.15) is 32.8 Å². The number of thiocarbonyl (C=S) groups is 1. The normalized spacial score (nSPS) is 11.2. The summed E-state index contributed by atoms with van der Waals surface area (Å²) in [6.45, 7) is 6.99. The predicted molar refractivity (Wildman–Crippen MR) is 85.9 cm³/mol. The average molecular weight is 294 g/mol. The third kappa shape index (κ3) is 6.12. The molecule has 20 heavy (non-hydrogen) atoms. The number of ether oxygens (including phenoxy) is 1. The van der Waals surface area contributed by atoms with Gasteiger partial charge < -0.3 is 15.8 Å². The lowest BCUT2D eigenvalue weighted by Gasteiger charge is -2.17. The summed E-state index contributed by atoms with van der Waals surface area (Å²) in [5.74, 6) is -0.206. The van der Waals surface area contributed by atoms with Crippen LogP contribution in [0.25, 0.3) is 0 Å². The van der Waals surface area contributed by atoms with Gasteiger partial charge in [0.2, 0.25) is 5.91 Å². The third-order valence-electron chi connectivity index (χ3n) is 2.70. The van der Waals surface area contributed by atoms with E-state index in [1.165, 1.54) is 0 Å². The molecule has 1 amide bonds. The minimum Gasteiger partial charge on any atom is -0.389 e. The van der Waals surface area contributed by atoms with E-state index in [1.54, 1.807) is 12.1 Å². The number of nitrogens with one attached hydrogen (secondary N) is 1. The zero-order valence-electron chi connectivity index (χ0n) is 12.2. The summed E-state index contributed by atoms with van der Waals surface area (Å²) in [7, 11) is 0. The smallest absolute Gasteiger partial charge is 0.250 e. The Morgan fingerprint density at radius 1 is 1.35 bits per heavy atom. The van der Waals surface area contributed by atoms with E-state index < -0.39 is 0 Å². The molecule has 0 heterocycles. The molecule has 0 bridgehead atoms. The number of benzene rings is 1. The maximum absolute atomic E-state index is 11.8. The third-order valence-corrected chi connectivity index (χ3v) is 2.92. The van der Waals surface area contributed by atoms with Crippen molar-refractivity contribution in [1.82, 2.24) is 0 Å². The van der Waals surface area contributed by atoms with E-state index in [9.17, 15) is 4.79 Å². The molecule has 0 atom stereocenters. The molecule has 0 saturated carbocycles. The van der Waals surface area contributed by atoms with E-state index >= 15 is 0 Å². The summed E-state index contributed by atoms with van der Waals surface area (Å²) < 4.78 is 5.37. The Hall–Kier alpha value is -1.46. The van der Waals surface area contributed by atoms with Crippen molar-refractivity contribution in [2.45, 2.75) is 27.2 Å². The molecule has 0 aliphatic rings. The van der Waals surface area contributed by atoms with Gasteiger partial charge in [0.1, 0.15) is 11.6 Å². The fraction of sp³-hybridized carbons (Fsp3) is 0.467. The highest BCUT2D eigenvalue weighted by molar-refractivity contribution is 7.80. The molecule has 4 nitrogen and oxygen atoms in total. The molecule has 0 aliphatic carbocycles. The van der Waals surface area contributed by atoms with Gasteiger partial charge in [-0.2, -0.15) is 0 Å².